The third-order valence-electron chi connectivity index (χ3n) is 20.6. The number of aliphatic hydroxyl groups excluding tert-OH is 4. The zero-order valence-electron chi connectivity index (χ0n) is 66.6. The molecule has 0 fully saturated rings. The number of thioether (sulfide) groups is 1. The minimum Gasteiger partial charge on any atom is -0.497 e. The Morgan fingerprint density at radius 1 is 0.373 bits per heavy atom. The zero-order chi connectivity index (χ0) is 76.9. The van der Waals surface area contributed by atoms with Crippen molar-refractivity contribution < 1.29 is 72.8 Å². The highest BCUT2D eigenvalue weighted by atomic mass is 32.2. The number of rotatable bonds is 34. The molecule has 0 saturated carbocycles. The second-order valence-electron chi connectivity index (χ2n) is 28.1. The van der Waals surface area contributed by atoms with Crippen LogP contribution in [0, 0.1) is 47.3 Å². The van der Waals surface area contributed by atoms with Gasteiger partial charge in [0.1, 0.15) is 30.2 Å². The van der Waals surface area contributed by atoms with Crippen LogP contribution in [0.5, 0.6) is 0 Å². The van der Waals surface area contributed by atoms with E-state index in [1.807, 2.05) is 40.0 Å². The molecule has 0 bridgehead atoms. The van der Waals surface area contributed by atoms with Crippen molar-refractivity contribution in [3.8, 4) is 0 Å². The molecule has 4 aliphatic rings. The van der Waals surface area contributed by atoms with Crippen molar-refractivity contribution in [3.63, 3.8) is 0 Å². The zero-order valence-corrected chi connectivity index (χ0v) is 67.5. The van der Waals surface area contributed by atoms with Crippen molar-refractivity contribution in [2.75, 3.05) is 56.0 Å². The van der Waals surface area contributed by atoms with Gasteiger partial charge in [-0.15, -0.1) is 11.8 Å². The Morgan fingerprint density at radius 2 is 0.647 bits per heavy atom. The highest BCUT2D eigenvalue weighted by Gasteiger charge is 2.45. The summed E-state index contributed by atoms with van der Waals surface area (Å²) in [6.07, 6.45) is 32.7. The molecule has 0 saturated heterocycles. The van der Waals surface area contributed by atoms with Gasteiger partial charge in [0.25, 0.3) is 0 Å². The van der Waals surface area contributed by atoms with Crippen LogP contribution in [0.25, 0.3) is 0 Å². The number of ketones is 4. The van der Waals surface area contributed by atoms with E-state index in [1.165, 1.54) is 112 Å². The Bertz CT molecular complexity index is 3220. The summed E-state index contributed by atoms with van der Waals surface area (Å²) in [5.41, 5.74) is 12.1. The van der Waals surface area contributed by atoms with E-state index in [2.05, 4.69) is 149 Å². The average molecular weight is 1440 g/mol. The van der Waals surface area contributed by atoms with Crippen LogP contribution in [0.2, 0.25) is 0 Å². The quantitative estimate of drug-likeness (QED) is 0.0472. The van der Waals surface area contributed by atoms with E-state index in [4.69, 9.17) is 33.2 Å². The SMILES string of the molecule is CC/C(C)=C/CC/C(C)=C/CC/C(C)=C/CC1C(C)C(=O)C(OC)=C(OC)C1O.CC/C(C)=C/CC/C(C)=C/CC1C(C)C(=O)C(OC)=C(OC)C1O.CCC/C(C)=C/CC1C(C)C(=O)C(SC)=C(OC)C1O.COC1=C(OC)C(O)C(C/C=C(\C)CC/C=C(\C)Cc2ccccc2)C(C)C1=O. The van der Waals surface area contributed by atoms with Crippen molar-refractivity contribution in [1.82, 2.24) is 0 Å². The third-order valence-corrected chi connectivity index (χ3v) is 21.4. The van der Waals surface area contributed by atoms with E-state index in [0.717, 1.165) is 83.5 Å². The molecule has 16 heteroatoms. The molecule has 0 aromatic heterocycles. The summed E-state index contributed by atoms with van der Waals surface area (Å²) in [7, 11) is 10.2. The summed E-state index contributed by atoms with van der Waals surface area (Å²) in [5.74, 6) is -0.364. The van der Waals surface area contributed by atoms with Gasteiger partial charge in [0.05, 0.1) is 54.7 Å². The van der Waals surface area contributed by atoms with Gasteiger partial charge in [-0.05, 0) is 170 Å². The van der Waals surface area contributed by atoms with Crippen LogP contribution in [0.4, 0.5) is 0 Å². The van der Waals surface area contributed by atoms with E-state index in [9.17, 15) is 39.6 Å². The fourth-order valence-corrected chi connectivity index (χ4v) is 14.0. The molecule has 1 aromatic rings. The monoisotopic (exact) mass is 1440 g/mol. The molecule has 15 nitrogen and oxygen atoms in total. The van der Waals surface area contributed by atoms with Crippen LogP contribution < -0.4 is 0 Å². The van der Waals surface area contributed by atoms with E-state index in [0.29, 0.717) is 36.3 Å². The first-order chi connectivity index (χ1) is 48.5. The smallest absolute Gasteiger partial charge is 0.204 e. The molecular weight excluding hydrogens is 1300 g/mol. The lowest BCUT2D eigenvalue weighted by Gasteiger charge is -2.34. The number of hydrogen-bond donors (Lipinski definition) is 4. The Kier molecular flexibility index (Phi) is 43.6. The molecule has 12 unspecified atom stereocenters. The van der Waals surface area contributed by atoms with Gasteiger partial charge in [-0.25, -0.2) is 0 Å². The molecule has 5 rings (SSSR count). The van der Waals surface area contributed by atoms with Gasteiger partial charge < -0.3 is 53.6 Å². The fourth-order valence-electron chi connectivity index (χ4n) is 13.2. The third kappa shape index (κ3) is 28.2. The van der Waals surface area contributed by atoms with E-state index in [-0.39, 0.29) is 105 Å². The Balaban J connectivity index is 0.000000467. The number of aliphatic hydroxyl groups is 4. The summed E-state index contributed by atoms with van der Waals surface area (Å²) in [4.78, 5) is 50.4. The first-order valence-electron chi connectivity index (χ1n) is 37.0. The average Bonchev–Trinajstić information content (AvgIpc) is 0.814. The maximum atomic E-state index is 12.5. The number of Topliss-reactive ketones (excluding diaryl/α,β-unsaturated/α-hetero) is 4. The molecule has 12 atom stereocenters. The molecule has 1 aromatic carbocycles. The first-order valence-corrected chi connectivity index (χ1v) is 38.2. The number of ether oxygens (including phenoxy) is 7. The van der Waals surface area contributed by atoms with Crippen LogP contribution in [-0.2, 0) is 58.8 Å². The lowest BCUT2D eigenvalue weighted by atomic mass is 9.77. The van der Waals surface area contributed by atoms with Gasteiger partial charge in [-0.2, -0.15) is 0 Å². The fraction of sp³-hybridized carbons (Fsp3) is 0.605. The van der Waals surface area contributed by atoms with Crippen molar-refractivity contribution in [3.05, 3.63) is 174 Å². The Labute approximate surface area is 619 Å². The number of allylic oxidation sites excluding steroid dienone is 20. The molecule has 0 radical (unpaired) electrons. The second kappa shape index (κ2) is 48.6. The topological polar surface area (TPSA) is 214 Å². The minimum atomic E-state index is -0.834. The minimum absolute atomic E-state index is 0.0891. The van der Waals surface area contributed by atoms with Crippen LogP contribution >= 0.6 is 11.8 Å². The number of carbonyl (C=O) groups excluding carboxylic acids is 4. The molecule has 0 aliphatic heterocycles. The van der Waals surface area contributed by atoms with Crippen LogP contribution in [0.15, 0.2) is 169 Å². The highest BCUT2D eigenvalue weighted by Crippen LogP contribution is 2.41. The molecule has 4 aliphatic carbocycles. The van der Waals surface area contributed by atoms with Gasteiger partial charge in [0, 0.05) is 47.3 Å². The van der Waals surface area contributed by atoms with Crippen molar-refractivity contribution in [2.24, 2.45) is 47.3 Å². The van der Waals surface area contributed by atoms with E-state index in [1.54, 1.807) is 0 Å². The lowest BCUT2D eigenvalue weighted by Crippen LogP contribution is -2.40. The van der Waals surface area contributed by atoms with E-state index >= 15 is 0 Å². The normalized spacial score (nSPS) is 25.1. The highest BCUT2D eigenvalue weighted by molar-refractivity contribution is 8.03. The van der Waals surface area contributed by atoms with Gasteiger partial charge in [0.2, 0.25) is 34.6 Å². The van der Waals surface area contributed by atoms with Gasteiger partial charge in [-0.1, -0.05) is 178 Å². The number of benzene rings is 1. The molecule has 4 N–H and O–H groups in total. The molecular formula is C86H132O15S. The second-order valence-corrected chi connectivity index (χ2v) is 28.9. The largest absolute Gasteiger partial charge is 0.497 e. The van der Waals surface area contributed by atoms with Crippen molar-refractivity contribution in [1.29, 1.82) is 0 Å². The maximum absolute atomic E-state index is 12.5. The Morgan fingerprint density at radius 3 is 0.931 bits per heavy atom. The van der Waals surface area contributed by atoms with Crippen molar-refractivity contribution >= 4 is 34.9 Å². The maximum Gasteiger partial charge on any atom is 0.204 e. The predicted octanol–water partition coefficient (Wildman–Crippen LogP) is 18.6. The molecule has 102 heavy (non-hydrogen) atoms. The molecule has 0 spiro atoms. The summed E-state index contributed by atoms with van der Waals surface area (Å²) in [5, 5.41) is 42.4. The van der Waals surface area contributed by atoms with Gasteiger partial charge in [0.15, 0.2) is 23.1 Å². The molecule has 0 amide bonds. The first kappa shape index (κ1) is 91.7. The molecule has 0 heterocycles. The van der Waals surface area contributed by atoms with E-state index < -0.39 is 24.4 Å². The Hall–Kier alpha value is -6.43. The number of carbonyl (C=O) groups is 4. The summed E-state index contributed by atoms with van der Waals surface area (Å²) in [6.45, 7) is 31.1. The predicted molar refractivity (Wildman–Crippen MR) is 416 cm³/mol. The van der Waals surface area contributed by atoms with Crippen LogP contribution in [-0.4, -0.2) is 124 Å². The van der Waals surface area contributed by atoms with Crippen LogP contribution in [0.3, 0.4) is 0 Å². The lowest BCUT2D eigenvalue weighted by molar-refractivity contribution is -0.128. The standard InChI is InChI=1S/C25H34O4.C25H40O4.C20H32O4.C16H26O3S/c1-17(10-9-11-18(2)16-20-12-7-6-8-13-20)14-15-21-19(3)22(26)24(28-4)25(29-5)23(21)27;1-8-17(2)11-9-12-18(3)13-10-14-19(4)15-16-21-20(5)22(26)24(28-6)25(29-7)23(21)27;1-7-13(2)9-8-10-14(3)11-12-16-15(4)17(21)19(23-5)20(24-6)18(16)22;1-6-7-10(2)8-9-12-11(3)13(17)16(20-5)15(19-4)14(12)18/h6-8,11-14,19,21,23,27H,9-10,15-16H2,1-5H3;11,13,15,20-21,23,27H,8-10,12,14,16H2,1-7H3;9,11,15-16,18,22H,7-8,10,12H2,1-6H3;8,11-12,14,18H,6-7,9H2,1-5H3/b17-14+,18-11+;17-11+,18-13+,19-15+;13-9+,14-11+;10-8+. The van der Waals surface area contributed by atoms with Gasteiger partial charge >= 0.3 is 0 Å². The molecule has 572 valence electrons. The number of methoxy groups -OCH3 is 7. The summed E-state index contributed by atoms with van der Waals surface area (Å²) < 4.78 is 36.5. The summed E-state index contributed by atoms with van der Waals surface area (Å²) in [6, 6.07) is 10.5. The van der Waals surface area contributed by atoms with Crippen LogP contribution in [0.1, 0.15) is 212 Å². The summed E-state index contributed by atoms with van der Waals surface area (Å²) >= 11 is 1.36. The van der Waals surface area contributed by atoms with Crippen molar-refractivity contribution in [2.45, 2.75) is 237 Å². The van der Waals surface area contributed by atoms with Gasteiger partial charge in [-0.3, -0.25) is 19.2 Å². The number of hydrogen-bond acceptors (Lipinski definition) is 16.